The number of hydrogen-bond donors (Lipinski definition) is 2. The van der Waals surface area contributed by atoms with Crippen molar-refractivity contribution in [2.24, 2.45) is 5.92 Å². The predicted octanol–water partition coefficient (Wildman–Crippen LogP) is 1.91. The van der Waals surface area contributed by atoms with Gasteiger partial charge < -0.3 is 10.6 Å². The molecule has 0 unspecified atom stereocenters. The van der Waals surface area contributed by atoms with Crippen LogP contribution in [0.2, 0.25) is 0 Å². The van der Waals surface area contributed by atoms with Crippen LogP contribution in [-0.2, 0) is 26.2 Å². The SMILES string of the molecule is C[C@@H](NC(=O)C1CCN(S(=O)(=O)c2cccc3nsnc23)CC1)C(=O)NCc1ccccc1. The van der Waals surface area contributed by atoms with E-state index in [0.717, 1.165) is 17.3 Å². The molecule has 0 aliphatic carbocycles. The van der Waals surface area contributed by atoms with E-state index in [-0.39, 0.29) is 35.7 Å². The van der Waals surface area contributed by atoms with Crippen LogP contribution in [0.25, 0.3) is 11.0 Å². The van der Waals surface area contributed by atoms with Gasteiger partial charge in [0.15, 0.2) is 0 Å². The molecule has 1 saturated heterocycles. The minimum absolute atomic E-state index is 0.139. The van der Waals surface area contributed by atoms with Crippen LogP contribution in [0.15, 0.2) is 53.4 Å². The predicted molar refractivity (Wildman–Crippen MR) is 125 cm³/mol. The highest BCUT2D eigenvalue weighted by Crippen LogP contribution is 2.28. The Morgan fingerprint density at radius 1 is 1.09 bits per heavy atom. The first-order valence-electron chi connectivity index (χ1n) is 10.7. The molecule has 1 atom stereocenters. The molecule has 0 saturated carbocycles. The highest BCUT2D eigenvalue weighted by molar-refractivity contribution is 7.89. The fraction of sp³-hybridized carbons (Fsp3) is 0.364. The Morgan fingerprint density at radius 2 is 1.82 bits per heavy atom. The molecule has 0 bridgehead atoms. The number of nitrogens with one attached hydrogen (secondary N) is 2. The lowest BCUT2D eigenvalue weighted by molar-refractivity contribution is -0.131. The third-order valence-corrected chi connectivity index (χ3v) is 8.23. The van der Waals surface area contributed by atoms with E-state index in [2.05, 4.69) is 19.4 Å². The van der Waals surface area contributed by atoms with Crippen LogP contribution in [-0.4, -0.2) is 52.4 Å². The molecule has 2 N–H and O–H groups in total. The van der Waals surface area contributed by atoms with Crippen molar-refractivity contribution in [3.63, 3.8) is 0 Å². The third kappa shape index (κ3) is 5.21. The van der Waals surface area contributed by atoms with E-state index in [1.807, 2.05) is 30.3 Å². The first-order valence-corrected chi connectivity index (χ1v) is 12.9. The smallest absolute Gasteiger partial charge is 0.245 e. The number of piperidine rings is 1. The van der Waals surface area contributed by atoms with Gasteiger partial charge >= 0.3 is 0 Å². The number of carbonyl (C=O) groups excluding carboxylic acids is 2. The lowest BCUT2D eigenvalue weighted by Crippen LogP contribution is -2.49. The van der Waals surface area contributed by atoms with E-state index in [1.54, 1.807) is 19.1 Å². The van der Waals surface area contributed by atoms with Gasteiger partial charge in [0, 0.05) is 25.6 Å². The van der Waals surface area contributed by atoms with Gasteiger partial charge in [-0.2, -0.15) is 13.1 Å². The Labute approximate surface area is 196 Å². The van der Waals surface area contributed by atoms with Gasteiger partial charge in [-0.15, -0.1) is 0 Å². The van der Waals surface area contributed by atoms with Gasteiger partial charge in [0.25, 0.3) is 0 Å². The molecule has 33 heavy (non-hydrogen) atoms. The highest BCUT2D eigenvalue weighted by Gasteiger charge is 2.34. The normalized spacial score (nSPS) is 16.4. The van der Waals surface area contributed by atoms with Crippen LogP contribution in [0.4, 0.5) is 0 Å². The molecule has 1 fully saturated rings. The van der Waals surface area contributed by atoms with Gasteiger partial charge in [-0.05, 0) is 37.5 Å². The Balaban J connectivity index is 1.30. The Hall–Kier alpha value is -2.89. The molecule has 4 rings (SSSR count). The summed E-state index contributed by atoms with van der Waals surface area (Å²) in [5, 5.41) is 5.57. The average molecular weight is 488 g/mol. The van der Waals surface area contributed by atoms with E-state index in [9.17, 15) is 18.0 Å². The van der Waals surface area contributed by atoms with E-state index in [1.165, 1.54) is 10.4 Å². The molecular formula is C22H25N5O4S2. The van der Waals surface area contributed by atoms with Crippen molar-refractivity contribution >= 4 is 44.6 Å². The van der Waals surface area contributed by atoms with E-state index >= 15 is 0 Å². The summed E-state index contributed by atoms with van der Waals surface area (Å²) in [6.45, 7) is 2.48. The molecule has 0 radical (unpaired) electrons. The minimum Gasteiger partial charge on any atom is -0.350 e. The van der Waals surface area contributed by atoms with Crippen molar-refractivity contribution in [2.75, 3.05) is 13.1 Å². The minimum atomic E-state index is -3.74. The summed E-state index contributed by atoms with van der Waals surface area (Å²) in [6.07, 6.45) is 0.767. The van der Waals surface area contributed by atoms with Gasteiger partial charge in [0.05, 0.1) is 11.7 Å². The van der Waals surface area contributed by atoms with Gasteiger partial charge in [-0.3, -0.25) is 9.59 Å². The molecule has 2 aromatic carbocycles. The maximum absolute atomic E-state index is 13.1. The van der Waals surface area contributed by atoms with Crippen LogP contribution in [0.1, 0.15) is 25.3 Å². The number of sulfonamides is 1. The largest absolute Gasteiger partial charge is 0.350 e. The first kappa shape index (κ1) is 23.3. The summed E-state index contributed by atoms with van der Waals surface area (Å²) in [4.78, 5) is 25.2. The number of carbonyl (C=O) groups is 2. The summed E-state index contributed by atoms with van der Waals surface area (Å²) >= 11 is 0.976. The quantitative estimate of drug-likeness (QED) is 0.525. The lowest BCUT2D eigenvalue weighted by atomic mass is 9.97. The van der Waals surface area contributed by atoms with Gasteiger partial charge in [-0.25, -0.2) is 8.42 Å². The Bertz CT molecular complexity index is 1240. The summed E-state index contributed by atoms with van der Waals surface area (Å²) in [5.74, 6) is -0.852. The summed E-state index contributed by atoms with van der Waals surface area (Å²) in [5.41, 5.74) is 1.90. The number of aromatic nitrogens is 2. The molecule has 1 aliphatic rings. The second kappa shape index (κ2) is 9.94. The first-order chi connectivity index (χ1) is 15.9. The van der Waals surface area contributed by atoms with Gasteiger partial charge in [-0.1, -0.05) is 36.4 Å². The molecule has 174 valence electrons. The number of benzene rings is 2. The van der Waals surface area contributed by atoms with Gasteiger partial charge in [0.2, 0.25) is 21.8 Å². The zero-order chi connectivity index (χ0) is 23.4. The van der Waals surface area contributed by atoms with E-state index < -0.39 is 16.1 Å². The molecule has 9 nitrogen and oxygen atoms in total. The third-order valence-electron chi connectivity index (χ3n) is 5.75. The topological polar surface area (TPSA) is 121 Å². The van der Waals surface area contributed by atoms with E-state index in [4.69, 9.17) is 0 Å². The zero-order valence-electron chi connectivity index (χ0n) is 18.1. The second-order valence-corrected chi connectivity index (χ2v) is 10.4. The van der Waals surface area contributed by atoms with Crippen LogP contribution < -0.4 is 10.6 Å². The Morgan fingerprint density at radius 3 is 2.55 bits per heavy atom. The molecule has 2 amide bonds. The molecule has 1 aliphatic heterocycles. The monoisotopic (exact) mass is 487 g/mol. The maximum Gasteiger partial charge on any atom is 0.245 e. The van der Waals surface area contributed by atoms with Crippen LogP contribution >= 0.6 is 11.7 Å². The molecule has 3 aromatic rings. The average Bonchev–Trinajstić information content (AvgIpc) is 3.32. The molecule has 11 heteroatoms. The number of fused-ring (bicyclic) bond motifs is 1. The van der Waals surface area contributed by atoms with Crippen LogP contribution in [0, 0.1) is 5.92 Å². The van der Waals surface area contributed by atoms with E-state index in [0.29, 0.717) is 30.4 Å². The fourth-order valence-corrected chi connectivity index (χ4v) is 6.04. The summed E-state index contributed by atoms with van der Waals surface area (Å²) < 4.78 is 35.9. The van der Waals surface area contributed by atoms with Crippen LogP contribution in [0.3, 0.4) is 0 Å². The lowest BCUT2D eigenvalue weighted by Gasteiger charge is -2.31. The van der Waals surface area contributed by atoms with Crippen molar-refractivity contribution in [3.05, 3.63) is 54.1 Å². The van der Waals surface area contributed by atoms with Gasteiger partial charge in [0.1, 0.15) is 22.0 Å². The maximum atomic E-state index is 13.1. The highest BCUT2D eigenvalue weighted by atomic mass is 32.2. The molecule has 2 heterocycles. The standard InChI is InChI=1S/C22H25N5O4S2/c1-15(21(28)23-14-16-6-3-2-4-7-16)24-22(29)17-10-12-27(13-11-17)33(30,31)19-9-5-8-18-20(19)26-32-25-18/h2-9,15,17H,10-14H2,1H3,(H,23,28)(H,24,29)/t15-/m1/s1. The van der Waals surface area contributed by atoms with Crippen molar-refractivity contribution in [1.29, 1.82) is 0 Å². The van der Waals surface area contributed by atoms with Crippen LogP contribution in [0.5, 0.6) is 0 Å². The fourth-order valence-electron chi connectivity index (χ4n) is 3.82. The second-order valence-electron chi connectivity index (χ2n) is 8.00. The summed E-state index contributed by atoms with van der Waals surface area (Å²) in [6, 6.07) is 13.8. The molecular weight excluding hydrogens is 462 g/mol. The van der Waals surface area contributed by atoms with Crippen molar-refractivity contribution in [3.8, 4) is 0 Å². The van der Waals surface area contributed by atoms with Crippen molar-refractivity contribution < 1.29 is 18.0 Å². The Kier molecular flexibility index (Phi) is 7.01. The summed E-state index contributed by atoms with van der Waals surface area (Å²) in [7, 11) is -3.74. The number of nitrogens with zero attached hydrogens (tertiary/aromatic N) is 3. The molecule has 0 spiro atoms. The zero-order valence-corrected chi connectivity index (χ0v) is 19.7. The number of amides is 2. The van der Waals surface area contributed by atoms with Crippen molar-refractivity contribution in [1.82, 2.24) is 23.7 Å². The number of rotatable bonds is 7. The van der Waals surface area contributed by atoms with Crippen molar-refractivity contribution in [2.45, 2.75) is 37.2 Å². The molecule has 1 aromatic heterocycles. The number of hydrogen-bond acceptors (Lipinski definition) is 7.